The molecular formula is C10H18N2O4. The Morgan fingerprint density at radius 3 is 2.81 bits per heavy atom. The number of aliphatic hydroxyl groups is 1. The van der Waals surface area contributed by atoms with Crippen molar-refractivity contribution in [1.82, 2.24) is 10.4 Å². The van der Waals surface area contributed by atoms with Crippen LogP contribution in [0.25, 0.3) is 0 Å². The molecule has 6 heteroatoms. The van der Waals surface area contributed by atoms with Crippen LogP contribution in [0.4, 0.5) is 0 Å². The summed E-state index contributed by atoms with van der Waals surface area (Å²) in [7, 11) is 0. The van der Waals surface area contributed by atoms with E-state index in [4.69, 9.17) is 4.84 Å². The van der Waals surface area contributed by atoms with E-state index < -0.39 is 18.1 Å². The Bertz CT molecular complexity index is 280. The second kappa shape index (κ2) is 5.27. The molecular weight excluding hydrogens is 212 g/mol. The first-order chi connectivity index (χ1) is 7.47. The fourth-order valence-corrected chi connectivity index (χ4v) is 1.46. The van der Waals surface area contributed by atoms with E-state index in [1.807, 2.05) is 0 Å². The van der Waals surface area contributed by atoms with Crippen LogP contribution in [0.3, 0.4) is 0 Å². The lowest BCUT2D eigenvalue weighted by Gasteiger charge is -2.36. The molecule has 0 aromatic heterocycles. The Morgan fingerprint density at radius 1 is 1.69 bits per heavy atom. The minimum Gasteiger partial charge on any atom is -0.388 e. The molecule has 16 heavy (non-hydrogen) atoms. The van der Waals surface area contributed by atoms with Crippen LogP contribution in [0.15, 0.2) is 0 Å². The zero-order valence-electron chi connectivity index (χ0n) is 9.77. The van der Waals surface area contributed by atoms with E-state index in [0.29, 0.717) is 0 Å². The summed E-state index contributed by atoms with van der Waals surface area (Å²) in [4.78, 5) is 28.2. The topological polar surface area (TPSA) is 78.9 Å². The average molecular weight is 230 g/mol. The Hall–Kier alpha value is -1.14. The first-order valence-corrected chi connectivity index (χ1v) is 5.40. The minimum atomic E-state index is -0.988. The summed E-state index contributed by atoms with van der Waals surface area (Å²) in [5.74, 6) is -0.668. The van der Waals surface area contributed by atoms with Crippen LogP contribution in [0, 0.1) is 0 Å². The Kier molecular flexibility index (Phi) is 4.26. The Balaban J connectivity index is 2.72. The molecule has 0 aromatic carbocycles. The number of hydrogen-bond acceptors (Lipinski definition) is 4. The molecule has 1 rings (SSSR count). The maximum absolute atomic E-state index is 11.9. The molecule has 6 nitrogen and oxygen atoms in total. The lowest BCUT2D eigenvalue weighted by molar-refractivity contribution is -0.229. The van der Waals surface area contributed by atoms with Gasteiger partial charge in [-0.15, -0.1) is 0 Å². The summed E-state index contributed by atoms with van der Waals surface area (Å²) < 4.78 is 0. The van der Waals surface area contributed by atoms with Crippen LogP contribution in [0.5, 0.6) is 0 Å². The van der Waals surface area contributed by atoms with Gasteiger partial charge in [0.2, 0.25) is 5.91 Å². The largest absolute Gasteiger partial charge is 0.388 e. The molecule has 0 aromatic rings. The summed E-state index contributed by atoms with van der Waals surface area (Å²) in [6.07, 6.45) is -0.711. The van der Waals surface area contributed by atoms with Gasteiger partial charge in [0.05, 0.1) is 6.04 Å². The second-order valence-corrected chi connectivity index (χ2v) is 4.02. The monoisotopic (exact) mass is 230 g/mol. The molecule has 2 amide bonds. The van der Waals surface area contributed by atoms with Crippen molar-refractivity contribution < 1.29 is 19.5 Å². The number of carbonyl (C=O) groups excluding carboxylic acids is 2. The van der Waals surface area contributed by atoms with Gasteiger partial charge in [0.15, 0.2) is 0 Å². The molecule has 0 aliphatic carbocycles. The van der Waals surface area contributed by atoms with Crippen molar-refractivity contribution in [3.63, 3.8) is 0 Å². The highest BCUT2D eigenvalue weighted by atomic mass is 16.7. The standard InChI is InChI=1S/C10H18N2O4/c1-4-8(14)11-9-7(13)5-16-12(6(2)3)10(9)15/h6-7,9,13H,4-5H2,1-3H3,(H,11,14)/t7-,9+/m0/s1. The fraction of sp³-hybridized carbons (Fsp3) is 0.800. The predicted octanol–water partition coefficient (Wildman–Crippen LogP) is -0.576. The first kappa shape index (κ1) is 12.9. The van der Waals surface area contributed by atoms with Crippen LogP contribution in [-0.2, 0) is 14.4 Å². The van der Waals surface area contributed by atoms with Gasteiger partial charge in [-0.1, -0.05) is 6.92 Å². The number of hydroxylamine groups is 2. The van der Waals surface area contributed by atoms with E-state index >= 15 is 0 Å². The van der Waals surface area contributed by atoms with Gasteiger partial charge in [0.25, 0.3) is 5.91 Å². The van der Waals surface area contributed by atoms with E-state index in [2.05, 4.69) is 5.32 Å². The zero-order valence-corrected chi connectivity index (χ0v) is 9.77. The van der Waals surface area contributed by atoms with Gasteiger partial charge in [-0.3, -0.25) is 14.4 Å². The van der Waals surface area contributed by atoms with Crippen LogP contribution < -0.4 is 5.32 Å². The SMILES string of the molecule is CCC(=O)N[C@H]1C(=O)N(C(C)C)OC[C@@H]1O. The number of nitrogens with one attached hydrogen (secondary N) is 1. The number of carbonyl (C=O) groups is 2. The van der Waals surface area contributed by atoms with Crippen molar-refractivity contribution in [3.8, 4) is 0 Å². The number of amides is 2. The third-order valence-electron chi connectivity index (χ3n) is 2.36. The second-order valence-electron chi connectivity index (χ2n) is 4.02. The molecule has 92 valence electrons. The Labute approximate surface area is 94.5 Å². The summed E-state index contributed by atoms with van der Waals surface area (Å²) in [5.41, 5.74) is 0. The van der Waals surface area contributed by atoms with E-state index in [-0.39, 0.29) is 25.0 Å². The van der Waals surface area contributed by atoms with E-state index in [9.17, 15) is 14.7 Å². The molecule has 0 unspecified atom stereocenters. The average Bonchev–Trinajstić information content (AvgIpc) is 2.23. The smallest absolute Gasteiger partial charge is 0.271 e. The van der Waals surface area contributed by atoms with Gasteiger partial charge < -0.3 is 10.4 Å². The molecule has 1 heterocycles. The van der Waals surface area contributed by atoms with Gasteiger partial charge in [-0.25, -0.2) is 5.06 Å². The minimum absolute atomic E-state index is 0.0125. The summed E-state index contributed by atoms with van der Waals surface area (Å²) in [6.45, 7) is 5.30. The molecule has 1 saturated heterocycles. The van der Waals surface area contributed by atoms with Crippen molar-refractivity contribution in [3.05, 3.63) is 0 Å². The first-order valence-electron chi connectivity index (χ1n) is 5.40. The quantitative estimate of drug-likeness (QED) is 0.680. The molecule has 2 atom stereocenters. The predicted molar refractivity (Wildman–Crippen MR) is 56.2 cm³/mol. The molecule has 0 spiro atoms. The maximum atomic E-state index is 11.9. The molecule has 1 aliphatic heterocycles. The number of nitrogens with zero attached hydrogens (tertiary/aromatic N) is 1. The third-order valence-corrected chi connectivity index (χ3v) is 2.36. The number of rotatable bonds is 3. The molecule has 0 saturated carbocycles. The summed E-state index contributed by atoms with van der Waals surface area (Å²) in [5, 5.41) is 13.3. The van der Waals surface area contributed by atoms with Gasteiger partial charge in [-0.2, -0.15) is 0 Å². The highest BCUT2D eigenvalue weighted by molar-refractivity contribution is 5.88. The fourth-order valence-electron chi connectivity index (χ4n) is 1.46. The van der Waals surface area contributed by atoms with Crippen LogP contribution >= 0.6 is 0 Å². The normalized spacial score (nSPS) is 26.1. The van der Waals surface area contributed by atoms with E-state index in [0.717, 1.165) is 0 Å². The van der Waals surface area contributed by atoms with Gasteiger partial charge >= 0.3 is 0 Å². The summed E-state index contributed by atoms with van der Waals surface area (Å²) in [6, 6.07) is -1.02. The third kappa shape index (κ3) is 2.70. The van der Waals surface area contributed by atoms with Crippen molar-refractivity contribution in [1.29, 1.82) is 0 Å². The van der Waals surface area contributed by atoms with Gasteiger partial charge in [0, 0.05) is 6.42 Å². The van der Waals surface area contributed by atoms with E-state index in [1.165, 1.54) is 5.06 Å². The molecule has 0 bridgehead atoms. The highest BCUT2D eigenvalue weighted by Gasteiger charge is 2.38. The molecule has 2 N–H and O–H groups in total. The molecule has 0 radical (unpaired) electrons. The maximum Gasteiger partial charge on any atom is 0.271 e. The van der Waals surface area contributed by atoms with Crippen molar-refractivity contribution >= 4 is 11.8 Å². The molecule has 1 fully saturated rings. The van der Waals surface area contributed by atoms with Crippen molar-refractivity contribution in [2.24, 2.45) is 0 Å². The number of aliphatic hydroxyl groups excluding tert-OH is 1. The zero-order chi connectivity index (χ0) is 12.3. The Morgan fingerprint density at radius 2 is 2.31 bits per heavy atom. The lowest BCUT2D eigenvalue weighted by Crippen LogP contribution is -2.61. The van der Waals surface area contributed by atoms with Crippen LogP contribution in [-0.4, -0.2) is 46.8 Å². The summed E-state index contributed by atoms with van der Waals surface area (Å²) >= 11 is 0. The lowest BCUT2D eigenvalue weighted by atomic mass is 10.1. The van der Waals surface area contributed by atoms with Crippen LogP contribution in [0.2, 0.25) is 0 Å². The van der Waals surface area contributed by atoms with Crippen LogP contribution in [0.1, 0.15) is 27.2 Å². The van der Waals surface area contributed by atoms with Crippen molar-refractivity contribution in [2.45, 2.75) is 45.4 Å². The van der Waals surface area contributed by atoms with Crippen molar-refractivity contribution in [2.75, 3.05) is 6.61 Å². The highest BCUT2D eigenvalue weighted by Crippen LogP contribution is 2.13. The van der Waals surface area contributed by atoms with Gasteiger partial charge in [-0.05, 0) is 13.8 Å². The van der Waals surface area contributed by atoms with E-state index in [1.54, 1.807) is 20.8 Å². The van der Waals surface area contributed by atoms with Gasteiger partial charge in [0.1, 0.15) is 18.8 Å². The molecule has 1 aliphatic rings. The number of hydrogen-bond donors (Lipinski definition) is 2.